The molecular formula is C17H30N2OS. The van der Waals surface area contributed by atoms with Gasteiger partial charge in [-0.2, -0.15) is 0 Å². The summed E-state index contributed by atoms with van der Waals surface area (Å²) < 4.78 is 6.21. The van der Waals surface area contributed by atoms with Crippen molar-refractivity contribution in [2.24, 2.45) is 5.92 Å². The maximum atomic E-state index is 6.21. The molecule has 1 fully saturated rings. The molecule has 0 radical (unpaired) electrons. The molecule has 0 spiro atoms. The van der Waals surface area contributed by atoms with E-state index in [4.69, 9.17) is 9.72 Å². The van der Waals surface area contributed by atoms with E-state index in [1.807, 2.05) is 17.5 Å². The minimum absolute atomic E-state index is 0.116. The van der Waals surface area contributed by atoms with Crippen LogP contribution in [0.1, 0.15) is 75.7 Å². The predicted molar refractivity (Wildman–Crippen MR) is 89.8 cm³/mol. The van der Waals surface area contributed by atoms with Gasteiger partial charge in [0, 0.05) is 23.7 Å². The quantitative estimate of drug-likeness (QED) is 0.796. The first-order valence-corrected chi connectivity index (χ1v) is 9.26. The molecule has 0 bridgehead atoms. The summed E-state index contributed by atoms with van der Waals surface area (Å²) in [5, 5.41) is 4.74. The van der Waals surface area contributed by atoms with Crippen LogP contribution >= 0.6 is 11.3 Å². The van der Waals surface area contributed by atoms with Gasteiger partial charge in [0.2, 0.25) is 0 Å². The van der Waals surface area contributed by atoms with E-state index in [-0.39, 0.29) is 5.60 Å². The molecule has 0 saturated heterocycles. The van der Waals surface area contributed by atoms with Crippen LogP contribution in [0.4, 0.5) is 0 Å². The van der Waals surface area contributed by atoms with Gasteiger partial charge >= 0.3 is 0 Å². The van der Waals surface area contributed by atoms with Gasteiger partial charge in [-0.1, -0.05) is 13.8 Å². The topological polar surface area (TPSA) is 34.2 Å². The van der Waals surface area contributed by atoms with Crippen LogP contribution in [-0.4, -0.2) is 18.1 Å². The summed E-state index contributed by atoms with van der Waals surface area (Å²) in [6.45, 7) is 10.7. The number of aromatic nitrogens is 1. The van der Waals surface area contributed by atoms with Crippen molar-refractivity contribution in [3.63, 3.8) is 0 Å². The van der Waals surface area contributed by atoms with E-state index in [0.717, 1.165) is 38.3 Å². The average molecular weight is 311 g/mol. The normalized spacial score (nSPS) is 27.7. The molecule has 2 rings (SSSR count). The number of hydrogen-bond donors (Lipinski definition) is 1. The lowest BCUT2D eigenvalue weighted by Gasteiger charge is -2.37. The molecule has 4 heteroatoms. The standard InChI is InChI=1S/C17H30N2OS/c1-5-11-18-14(4)15-12-19-16(21-15)17(20-6-2)9-7-13(3)8-10-17/h12-14,18H,5-11H2,1-4H3. The molecule has 1 aromatic rings. The molecular weight excluding hydrogens is 280 g/mol. The van der Waals surface area contributed by atoms with Crippen LogP contribution < -0.4 is 5.32 Å². The summed E-state index contributed by atoms with van der Waals surface area (Å²) >= 11 is 1.84. The molecule has 21 heavy (non-hydrogen) atoms. The number of nitrogens with zero attached hydrogens (tertiary/aromatic N) is 1. The van der Waals surface area contributed by atoms with Crippen molar-refractivity contribution in [2.75, 3.05) is 13.2 Å². The van der Waals surface area contributed by atoms with Crippen LogP contribution in [0.5, 0.6) is 0 Å². The minimum atomic E-state index is -0.116. The number of ether oxygens (including phenoxy) is 1. The van der Waals surface area contributed by atoms with Crippen molar-refractivity contribution in [1.29, 1.82) is 0 Å². The highest BCUT2D eigenvalue weighted by atomic mass is 32.1. The lowest BCUT2D eigenvalue weighted by atomic mass is 9.80. The number of thiazole rings is 1. The maximum Gasteiger partial charge on any atom is 0.125 e. The molecule has 0 aliphatic heterocycles. The largest absolute Gasteiger partial charge is 0.368 e. The first kappa shape index (κ1) is 16.9. The van der Waals surface area contributed by atoms with Gasteiger partial charge in [-0.3, -0.25) is 0 Å². The van der Waals surface area contributed by atoms with Crippen LogP contribution in [0.15, 0.2) is 6.20 Å². The van der Waals surface area contributed by atoms with Crippen LogP contribution in [-0.2, 0) is 10.3 Å². The van der Waals surface area contributed by atoms with Crippen molar-refractivity contribution in [3.05, 3.63) is 16.1 Å². The van der Waals surface area contributed by atoms with E-state index >= 15 is 0 Å². The number of rotatable bonds is 7. The average Bonchev–Trinajstić information content (AvgIpc) is 2.98. The molecule has 1 aliphatic carbocycles. The van der Waals surface area contributed by atoms with Gasteiger partial charge < -0.3 is 10.1 Å². The molecule has 0 aromatic carbocycles. The molecule has 3 nitrogen and oxygen atoms in total. The molecule has 0 amide bonds. The van der Waals surface area contributed by atoms with Gasteiger partial charge in [0.05, 0.1) is 0 Å². The smallest absolute Gasteiger partial charge is 0.125 e. The Bertz CT molecular complexity index is 424. The van der Waals surface area contributed by atoms with Gasteiger partial charge in [-0.05, 0) is 58.4 Å². The summed E-state index contributed by atoms with van der Waals surface area (Å²) in [5.41, 5.74) is -0.116. The highest BCUT2D eigenvalue weighted by Gasteiger charge is 2.39. The van der Waals surface area contributed by atoms with E-state index in [1.165, 1.54) is 22.7 Å². The van der Waals surface area contributed by atoms with Crippen molar-refractivity contribution in [2.45, 2.75) is 71.4 Å². The van der Waals surface area contributed by atoms with E-state index in [9.17, 15) is 0 Å². The zero-order valence-electron chi connectivity index (χ0n) is 13.9. The fourth-order valence-electron chi connectivity index (χ4n) is 3.08. The van der Waals surface area contributed by atoms with Gasteiger partial charge in [-0.15, -0.1) is 11.3 Å². The highest BCUT2D eigenvalue weighted by Crippen LogP contribution is 2.44. The Morgan fingerprint density at radius 3 is 2.76 bits per heavy atom. The Hall–Kier alpha value is -0.450. The van der Waals surface area contributed by atoms with Gasteiger partial charge in [-0.25, -0.2) is 4.98 Å². The Kier molecular flexibility index (Phi) is 6.20. The van der Waals surface area contributed by atoms with Crippen LogP contribution in [0.3, 0.4) is 0 Å². The van der Waals surface area contributed by atoms with Crippen LogP contribution in [0.2, 0.25) is 0 Å². The van der Waals surface area contributed by atoms with E-state index in [2.05, 4.69) is 33.0 Å². The molecule has 120 valence electrons. The zero-order valence-corrected chi connectivity index (χ0v) is 14.8. The summed E-state index contributed by atoms with van der Waals surface area (Å²) in [6, 6.07) is 0.386. The summed E-state index contributed by atoms with van der Waals surface area (Å²) in [6.07, 6.45) is 7.94. The number of hydrogen-bond acceptors (Lipinski definition) is 4. The summed E-state index contributed by atoms with van der Waals surface area (Å²) in [7, 11) is 0. The van der Waals surface area contributed by atoms with Crippen molar-refractivity contribution < 1.29 is 4.74 Å². The molecule has 1 atom stereocenters. The van der Waals surface area contributed by atoms with Crippen molar-refractivity contribution in [1.82, 2.24) is 10.3 Å². The lowest BCUT2D eigenvalue weighted by Crippen LogP contribution is -2.34. The van der Waals surface area contributed by atoms with E-state index in [0.29, 0.717) is 6.04 Å². The van der Waals surface area contributed by atoms with Gasteiger partial charge in [0.1, 0.15) is 10.6 Å². The molecule has 1 saturated carbocycles. The fourth-order valence-corrected chi connectivity index (χ4v) is 4.23. The second kappa shape index (κ2) is 7.70. The third-order valence-electron chi connectivity index (χ3n) is 4.54. The second-order valence-corrected chi connectivity index (χ2v) is 7.42. The van der Waals surface area contributed by atoms with E-state index in [1.54, 1.807) is 0 Å². The Morgan fingerprint density at radius 1 is 1.43 bits per heavy atom. The Labute approximate surface area is 133 Å². The second-order valence-electron chi connectivity index (χ2n) is 6.35. The summed E-state index contributed by atoms with van der Waals surface area (Å²) in [5.74, 6) is 0.822. The third kappa shape index (κ3) is 4.05. The van der Waals surface area contributed by atoms with Gasteiger partial charge in [0.25, 0.3) is 0 Å². The Morgan fingerprint density at radius 2 is 2.14 bits per heavy atom. The van der Waals surface area contributed by atoms with Crippen molar-refractivity contribution >= 4 is 11.3 Å². The van der Waals surface area contributed by atoms with Crippen LogP contribution in [0, 0.1) is 5.92 Å². The minimum Gasteiger partial charge on any atom is -0.368 e. The predicted octanol–water partition coefficient (Wildman–Crippen LogP) is 4.65. The lowest BCUT2D eigenvalue weighted by molar-refractivity contribution is -0.0776. The fraction of sp³-hybridized carbons (Fsp3) is 0.824. The van der Waals surface area contributed by atoms with Crippen LogP contribution in [0.25, 0.3) is 0 Å². The van der Waals surface area contributed by atoms with Gasteiger partial charge in [0.15, 0.2) is 0 Å². The molecule has 1 aliphatic rings. The maximum absolute atomic E-state index is 6.21. The van der Waals surface area contributed by atoms with E-state index < -0.39 is 0 Å². The first-order valence-electron chi connectivity index (χ1n) is 8.44. The van der Waals surface area contributed by atoms with Crippen molar-refractivity contribution in [3.8, 4) is 0 Å². The highest BCUT2D eigenvalue weighted by molar-refractivity contribution is 7.11. The molecule has 1 aromatic heterocycles. The third-order valence-corrected chi connectivity index (χ3v) is 5.91. The molecule has 1 N–H and O–H groups in total. The summed E-state index contributed by atoms with van der Waals surface area (Å²) in [4.78, 5) is 6.07. The molecule has 1 unspecified atom stereocenters. The first-order chi connectivity index (χ1) is 10.1. The SMILES string of the molecule is CCCNC(C)c1cnc(C2(OCC)CCC(C)CC2)s1. The Balaban J connectivity index is 2.12. The monoisotopic (exact) mass is 310 g/mol. The number of nitrogens with one attached hydrogen (secondary N) is 1. The molecule has 1 heterocycles. The zero-order chi connectivity index (χ0) is 15.3.